The van der Waals surface area contributed by atoms with Crippen LogP contribution in [0.5, 0.6) is 11.5 Å². The first-order chi connectivity index (χ1) is 6.27. The molecule has 1 rings (SSSR count). The molecule has 0 fully saturated rings. The minimum Gasteiger partial charge on any atom is -0.508 e. The fourth-order valence-electron chi connectivity index (χ4n) is 1.02. The molecular formula is C10H14O3. The Kier molecular flexibility index (Phi) is 3.58. The van der Waals surface area contributed by atoms with Gasteiger partial charge in [0, 0.05) is 12.2 Å². The van der Waals surface area contributed by atoms with Crippen LogP contribution in [0.3, 0.4) is 0 Å². The number of methoxy groups -OCH3 is 1. The highest BCUT2D eigenvalue weighted by molar-refractivity contribution is 5.38. The molecule has 0 aliphatic carbocycles. The maximum Gasteiger partial charge on any atom is 0.121 e. The Balaban J connectivity index is 2.78. The Morgan fingerprint density at radius 1 is 1.38 bits per heavy atom. The third kappa shape index (κ3) is 2.63. The molecule has 3 nitrogen and oxygen atoms in total. The van der Waals surface area contributed by atoms with Crippen LogP contribution in [0.2, 0.25) is 0 Å². The highest BCUT2D eigenvalue weighted by Crippen LogP contribution is 2.23. The van der Waals surface area contributed by atoms with Crippen molar-refractivity contribution in [1.29, 1.82) is 0 Å². The van der Waals surface area contributed by atoms with E-state index in [9.17, 15) is 5.11 Å². The smallest absolute Gasteiger partial charge is 0.121 e. The Hall–Kier alpha value is -1.22. The Morgan fingerprint density at radius 2 is 2.15 bits per heavy atom. The van der Waals surface area contributed by atoms with Crippen LogP contribution in [0, 0.1) is 0 Å². The summed E-state index contributed by atoms with van der Waals surface area (Å²) in [6.07, 6.45) is 0. The van der Waals surface area contributed by atoms with Gasteiger partial charge in [-0.1, -0.05) is 0 Å². The van der Waals surface area contributed by atoms with Gasteiger partial charge in [-0.15, -0.1) is 0 Å². The SMILES string of the molecule is CCOCc1cc(OC)ccc1O. The average Bonchev–Trinajstić information content (AvgIpc) is 2.17. The van der Waals surface area contributed by atoms with E-state index in [0.717, 1.165) is 11.3 Å². The summed E-state index contributed by atoms with van der Waals surface area (Å²) in [5.74, 6) is 0.974. The quantitative estimate of drug-likeness (QED) is 0.773. The summed E-state index contributed by atoms with van der Waals surface area (Å²) in [5, 5.41) is 9.42. The Labute approximate surface area is 77.9 Å². The monoisotopic (exact) mass is 182 g/mol. The molecule has 1 aromatic rings. The van der Waals surface area contributed by atoms with Gasteiger partial charge in [0.05, 0.1) is 13.7 Å². The summed E-state index contributed by atoms with van der Waals surface area (Å²) in [4.78, 5) is 0. The summed E-state index contributed by atoms with van der Waals surface area (Å²) < 4.78 is 10.2. The van der Waals surface area contributed by atoms with E-state index in [1.807, 2.05) is 6.92 Å². The fourth-order valence-corrected chi connectivity index (χ4v) is 1.02. The molecule has 0 aliphatic heterocycles. The molecule has 72 valence electrons. The lowest BCUT2D eigenvalue weighted by molar-refractivity contribution is 0.132. The molecule has 0 atom stereocenters. The van der Waals surface area contributed by atoms with Crippen LogP contribution < -0.4 is 4.74 Å². The van der Waals surface area contributed by atoms with E-state index >= 15 is 0 Å². The van der Waals surface area contributed by atoms with Crippen molar-refractivity contribution in [3.8, 4) is 11.5 Å². The molecule has 0 unspecified atom stereocenters. The zero-order valence-electron chi connectivity index (χ0n) is 7.91. The number of hydrogen-bond donors (Lipinski definition) is 1. The fraction of sp³-hybridized carbons (Fsp3) is 0.400. The van der Waals surface area contributed by atoms with Gasteiger partial charge in [-0.05, 0) is 25.1 Å². The van der Waals surface area contributed by atoms with Crippen LogP contribution in [0.4, 0.5) is 0 Å². The molecule has 0 spiro atoms. The molecule has 0 heterocycles. The first-order valence-corrected chi connectivity index (χ1v) is 4.21. The molecule has 0 bridgehead atoms. The zero-order valence-corrected chi connectivity index (χ0v) is 7.91. The van der Waals surface area contributed by atoms with Gasteiger partial charge >= 0.3 is 0 Å². The number of aromatic hydroxyl groups is 1. The van der Waals surface area contributed by atoms with E-state index in [2.05, 4.69) is 0 Å². The first kappa shape index (κ1) is 9.86. The van der Waals surface area contributed by atoms with E-state index in [-0.39, 0.29) is 5.75 Å². The highest BCUT2D eigenvalue weighted by atomic mass is 16.5. The van der Waals surface area contributed by atoms with Crippen LogP contribution >= 0.6 is 0 Å². The van der Waals surface area contributed by atoms with Crippen LogP contribution in [0.25, 0.3) is 0 Å². The van der Waals surface area contributed by atoms with Gasteiger partial charge in [0.25, 0.3) is 0 Å². The number of rotatable bonds is 4. The number of phenolic OH excluding ortho intramolecular Hbond substituents is 1. The summed E-state index contributed by atoms with van der Waals surface area (Å²) in [7, 11) is 1.59. The van der Waals surface area contributed by atoms with Crippen LogP contribution in [0.1, 0.15) is 12.5 Å². The lowest BCUT2D eigenvalue weighted by atomic mass is 10.2. The van der Waals surface area contributed by atoms with Gasteiger partial charge in [0.15, 0.2) is 0 Å². The summed E-state index contributed by atoms with van der Waals surface area (Å²) in [6.45, 7) is 2.97. The van der Waals surface area contributed by atoms with Crippen molar-refractivity contribution < 1.29 is 14.6 Å². The molecule has 1 N–H and O–H groups in total. The first-order valence-electron chi connectivity index (χ1n) is 4.21. The van der Waals surface area contributed by atoms with Crippen LogP contribution in [-0.2, 0) is 11.3 Å². The minimum atomic E-state index is 0.245. The van der Waals surface area contributed by atoms with Crippen molar-refractivity contribution in [2.45, 2.75) is 13.5 Å². The van der Waals surface area contributed by atoms with Crippen molar-refractivity contribution in [1.82, 2.24) is 0 Å². The highest BCUT2D eigenvalue weighted by Gasteiger charge is 2.02. The largest absolute Gasteiger partial charge is 0.508 e. The van der Waals surface area contributed by atoms with Gasteiger partial charge in [0.1, 0.15) is 11.5 Å². The van der Waals surface area contributed by atoms with Gasteiger partial charge in [-0.25, -0.2) is 0 Å². The maximum absolute atomic E-state index is 9.42. The topological polar surface area (TPSA) is 38.7 Å². The second kappa shape index (κ2) is 4.72. The van der Waals surface area contributed by atoms with Gasteiger partial charge in [-0.2, -0.15) is 0 Å². The predicted octanol–water partition coefficient (Wildman–Crippen LogP) is 1.94. The minimum absolute atomic E-state index is 0.245. The molecule has 13 heavy (non-hydrogen) atoms. The lowest BCUT2D eigenvalue weighted by Crippen LogP contribution is -1.93. The van der Waals surface area contributed by atoms with Gasteiger partial charge < -0.3 is 14.6 Å². The molecule has 0 saturated carbocycles. The average molecular weight is 182 g/mol. The summed E-state index contributed by atoms with van der Waals surface area (Å²) in [6, 6.07) is 5.09. The van der Waals surface area contributed by atoms with E-state index in [4.69, 9.17) is 9.47 Å². The number of phenols is 1. The van der Waals surface area contributed by atoms with E-state index in [1.165, 1.54) is 0 Å². The van der Waals surface area contributed by atoms with Crippen molar-refractivity contribution >= 4 is 0 Å². The molecular weight excluding hydrogens is 168 g/mol. The maximum atomic E-state index is 9.42. The molecule has 0 amide bonds. The molecule has 0 radical (unpaired) electrons. The van der Waals surface area contributed by atoms with Crippen LogP contribution in [0.15, 0.2) is 18.2 Å². The Bertz CT molecular complexity index is 271. The zero-order chi connectivity index (χ0) is 9.68. The molecule has 0 aliphatic rings. The van der Waals surface area contributed by atoms with Gasteiger partial charge in [-0.3, -0.25) is 0 Å². The third-order valence-corrected chi connectivity index (χ3v) is 1.75. The Morgan fingerprint density at radius 3 is 2.77 bits per heavy atom. The number of ether oxygens (including phenoxy) is 2. The standard InChI is InChI=1S/C10H14O3/c1-3-13-7-8-6-9(12-2)4-5-10(8)11/h4-6,11H,3,7H2,1-2H3. The molecule has 0 saturated heterocycles. The summed E-state index contributed by atoms with van der Waals surface area (Å²) in [5.41, 5.74) is 0.751. The van der Waals surface area contributed by atoms with Crippen molar-refractivity contribution in [3.05, 3.63) is 23.8 Å². The molecule has 3 heteroatoms. The second-order valence-corrected chi connectivity index (χ2v) is 2.63. The van der Waals surface area contributed by atoms with Gasteiger partial charge in [0.2, 0.25) is 0 Å². The lowest BCUT2D eigenvalue weighted by Gasteiger charge is -2.06. The van der Waals surface area contributed by atoms with E-state index < -0.39 is 0 Å². The second-order valence-electron chi connectivity index (χ2n) is 2.63. The van der Waals surface area contributed by atoms with Crippen LogP contribution in [-0.4, -0.2) is 18.8 Å². The van der Waals surface area contributed by atoms with Crippen molar-refractivity contribution in [2.24, 2.45) is 0 Å². The molecule has 1 aromatic carbocycles. The van der Waals surface area contributed by atoms with E-state index in [0.29, 0.717) is 13.2 Å². The number of hydrogen-bond acceptors (Lipinski definition) is 3. The number of benzene rings is 1. The van der Waals surface area contributed by atoms with E-state index in [1.54, 1.807) is 25.3 Å². The van der Waals surface area contributed by atoms with Crippen molar-refractivity contribution in [2.75, 3.05) is 13.7 Å². The normalized spacial score (nSPS) is 10.0. The molecule has 0 aromatic heterocycles. The predicted molar refractivity (Wildman–Crippen MR) is 50.0 cm³/mol. The third-order valence-electron chi connectivity index (χ3n) is 1.75. The van der Waals surface area contributed by atoms with Crippen molar-refractivity contribution in [3.63, 3.8) is 0 Å². The summed E-state index contributed by atoms with van der Waals surface area (Å²) >= 11 is 0.